The average molecular weight is 179 g/mol. The third-order valence-corrected chi connectivity index (χ3v) is 1.52. The summed E-state index contributed by atoms with van der Waals surface area (Å²) in [6, 6.07) is 3.74. The van der Waals surface area contributed by atoms with Crippen LogP contribution in [0.3, 0.4) is 0 Å². The summed E-state index contributed by atoms with van der Waals surface area (Å²) in [5.41, 5.74) is 1.68. The van der Waals surface area contributed by atoms with Crippen molar-refractivity contribution in [3.05, 3.63) is 24.0 Å². The fourth-order valence-electron chi connectivity index (χ4n) is 0.983. The maximum absolute atomic E-state index is 8.63. The van der Waals surface area contributed by atoms with Crippen molar-refractivity contribution in [2.24, 2.45) is 4.99 Å². The number of rotatable bonds is 4. The number of hydrogen-bond acceptors (Lipinski definition) is 4. The number of pyridine rings is 1. The lowest BCUT2D eigenvalue weighted by Gasteiger charge is -2.05. The summed E-state index contributed by atoms with van der Waals surface area (Å²) < 4.78 is 0. The van der Waals surface area contributed by atoms with E-state index in [2.05, 4.69) is 15.3 Å². The first-order chi connectivity index (χ1) is 6.38. The van der Waals surface area contributed by atoms with E-state index >= 15 is 0 Å². The highest BCUT2D eigenvalue weighted by Gasteiger charge is 1.97. The molecule has 2 N–H and O–H groups in total. The van der Waals surface area contributed by atoms with Crippen LogP contribution in [0.4, 0.5) is 5.69 Å². The van der Waals surface area contributed by atoms with Crippen molar-refractivity contribution in [1.29, 1.82) is 0 Å². The van der Waals surface area contributed by atoms with Gasteiger partial charge in [0.05, 0.1) is 12.3 Å². The summed E-state index contributed by atoms with van der Waals surface area (Å²) in [6.07, 6.45) is 3.39. The molecule has 0 aliphatic rings. The van der Waals surface area contributed by atoms with Crippen molar-refractivity contribution in [1.82, 2.24) is 4.98 Å². The molecule has 1 aromatic heterocycles. The first kappa shape index (κ1) is 9.67. The lowest BCUT2D eigenvalue weighted by molar-refractivity contribution is 0.311. The number of aliphatic hydroxyl groups is 1. The Balaban J connectivity index is 2.78. The molecule has 0 aliphatic heterocycles. The van der Waals surface area contributed by atoms with Gasteiger partial charge in [0.2, 0.25) is 0 Å². The van der Waals surface area contributed by atoms with Gasteiger partial charge in [0, 0.05) is 26.0 Å². The first-order valence-electron chi connectivity index (χ1n) is 4.10. The number of aliphatic imine (C=N–C) groups is 1. The van der Waals surface area contributed by atoms with E-state index in [1.165, 1.54) is 0 Å². The third-order valence-electron chi connectivity index (χ3n) is 1.52. The van der Waals surface area contributed by atoms with E-state index < -0.39 is 0 Å². The summed E-state index contributed by atoms with van der Waals surface area (Å²) in [4.78, 5) is 8.01. The van der Waals surface area contributed by atoms with Crippen LogP contribution in [-0.4, -0.2) is 36.5 Å². The largest absolute Gasteiger partial charge is 0.395 e. The van der Waals surface area contributed by atoms with E-state index in [1.54, 1.807) is 19.5 Å². The number of nitrogens with one attached hydrogen (secondary N) is 1. The van der Waals surface area contributed by atoms with Crippen LogP contribution >= 0.6 is 0 Å². The fraction of sp³-hybridized carbons (Fsp3) is 0.333. The zero-order valence-electron chi connectivity index (χ0n) is 7.57. The molecule has 0 atom stereocenters. The molecule has 0 aliphatic carbocycles. The van der Waals surface area contributed by atoms with Crippen molar-refractivity contribution in [2.75, 3.05) is 25.5 Å². The molecule has 0 spiro atoms. The number of aromatic nitrogens is 1. The zero-order valence-corrected chi connectivity index (χ0v) is 7.57. The van der Waals surface area contributed by atoms with Crippen molar-refractivity contribution in [3.8, 4) is 0 Å². The average Bonchev–Trinajstić information content (AvgIpc) is 2.17. The number of nitrogens with zero attached hydrogens (tertiary/aromatic N) is 2. The molecule has 0 amide bonds. The van der Waals surface area contributed by atoms with E-state index in [-0.39, 0.29) is 6.61 Å². The van der Waals surface area contributed by atoms with Crippen molar-refractivity contribution < 1.29 is 5.11 Å². The van der Waals surface area contributed by atoms with Gasteiger partial charge in [-0.2, -0.15) is 0 Å². The van der Waals surface area contributed by atoms with E-state index in [9.17, 15) is 0 Å². The van der Waals surface area contributed by atoms with E-state index in [1.807, 2.05) is 12.1 Å². The van der Waals surface area contributed by atoms with Crippen LogP contribution < -0.4 is 5.32 Å². The Bertz CT molecular complexity index is 286. The van der Waals surface area contributed by atoms with E-state index in [0.29, 0.717) is 6.54 Å². The molecule has 0 unspecified atom stereocenters. The molecule has 1 rings (SSSR count). The summed E-state index contributed by atoms with van der Waals surface area (Å²) >= 11 is 0. The molecule has 4 nitrogen and oxygen atoms in total. The Kier molecular flexibility index (Phi) is 3.92. The number of anilines is 1. The number of aliphatic hydroxyl groups excluding tert-OH is 1. The van der Waals surface area contributed by atoms with Crippen LogP contribution in [0.25, 0.3) is 0 Å². The summed E-state index contributed by atoms with van der Waals surface area (Å²) in [5.74, 6) is 0. The van der Waals surface area contributed by atoms with Crippen molar-refractivity contribution >= 4 is 11.9 Å². The lowest BCUT2D eigenvalue weighted by Crippen LogP contribution is -2.08. The molecule has 0 bridgehead atoms. The maximum atomic E-state index is 8.63. The molecule has 13 heavy (non-hydrogen) atoms. The van der Waals surface area contributed by atoms with Gasteiger partial charge < -0.3 is 10.4 Å². The third kappa shape index (κ3) is 2.83. The van der Waals surface area contributed by atoms with Crippen LogP contribution in [-0.2, 0) is 0 Å². The van der Waals surface area contributed by atoms with E-state index in [0.717, 1.165) is 11.4 Å². The number of hydrogen-bond donors (Lipinski definition) is 2. The molecule has 0 fully saturated rings. The second-order valence-corrected chi connectivity index (χ2v) is 2.47. The second-order valence-electron chi connectivity index (χ2n) is 2.47. The normalized spacial score (nSPS) is 10.6. The molecule has 0 saturated heterocycles. The first-order valence-corrected chi connectivity index (χ1v) is 4.10. The minimum absolute atomic E-state index is 0.109. The summed E-state index contributed by atoms with van der Waals surface area (Å²) in [7, 11) is 1.70. The molecular weight excluding hydrogens is 166 g/mol. The monoisotopic (exact) mass is 179 g/mol. The Labute approximate surface area is 77.4 Å². The Hall–Kier alpha value is -1.42. The Morgan fingerprint density at radius 3 is 3.23 bits per heavy atom. The van der Waals surface area contributed by atoms with Gasteiger partial charge in [-0.05, 0) is 12.1 Å². The summed E-state index contributed by atoms with van der Waals surface area (Å²) in [6.45, 7) is 0.633. The van der Waals surface area contributed by atoms with Gasteiger partial charge in [-0.3, -0.25) is 9.98 Å². The minimum atomic E-state index is 0.109. The van der Waals surface area contributed by atoms with Gasteiger partial charge in [0.1, 0.15) is 5.69 Å². The molecule has 0 radical (unpaired) electrons. The molecule has 0 aromatic carbocycles. The van der Waals surface area contributed by atoms with Crippen LogP contribution in [0.1, 0.15) is 5.69 Å². The predicted molar refractivity (Wildman–Crippen MR) is 53.3 cm³/mol. The van der Waals surface area contributed by atoms with Gasteiger partial charge >= 0.3 is 0 Å². The molecule has 70 valence electrons. The second kappa shape index (κ2) is 5.27. The maximum Gasteiger partial charge on any atom is 0.104 e. The SMILES string of the molecule is C/N=C/c1ncccc1NCCO. The molecule has 0 saturated carbocycles. The molecule has 4 heteroatoms. The standard InChI is InChI=1S/C9H13N3O/c1-10-7-9-8(12-5-6-13)3-2-4-11-9/h2-4,7,12-13H,5-6H2,1H3/b10-7+. The van der Waals surface area contributed by atoms with Gasteiger partial charge in [0.15, 0.2) is 0 Å². The lowest BCUT2D eigenvalue weighted by atomic mass is 10.3. The van der Waals surface area contributed by atoms with Gasteiger partial charge in [-0.1, -0.05) is 0 Å². The van der Waals surface area contributed by atoms with Crippen LogP contribution in [0.2, 0.25) is 0 Å². The van der Waals surface area contributed by atoms with E-state index in [4.69, 9.17) is 5.11 Å². The molecule has 1 aromatic rings. The van der Waals surface area contributed by atoms with Crippen molar-refractivity contribution in [3.63, 3.8) is 0 Å². The van der Waals surface area contributed by atoms with Crippen LogP contribution in [0.15, 0.2) is 23.3 Å². The zero-order chi connectivity index (χ0) is 9.52. The quantitative estimate of drug-likeness (QED) is 0.663. The van der Waals surface area contributed by atoms with Crippen LogP contribution in [0, 0.1) is 0 Å². The fourth-order valence-corrected chi connectivity index (χ4v) is 0.983. The Morgan fingerprint density at radius 2 is 2.54 bits per heavy atom. The van der Waals surface area contributed by atoms with Gasteiger partial charge in [-0.15, -0.1) is 0 Å². The Morgan fingerprint density at radius 1 is 1.69 bits per heavy atom. The van der Waals surface area contributed by atoms with Crippen LogP contribution in [0.5, 0.6) is 0 Å². The highest BCUT2D eigenvalue weighted by atomic mass is 16.3. The summed E-state index contributed by atoms with van der Waals surface area (Å²) in [5, 5.41) is 11.7. The van der Waals surface area contributed by atoms with Gasteiger partial charge in [0.25, 0.3) is 0 Å². The highest BCUT2D eigenvalue weighted by Crippen LogP contribution is 2.08. The molecule has 1 heterocycles. The predicted octanol–water partition coefficient (Wildman–Crippen LogP) is 0.534. The highest BCUT2D eigenvalue weighted by molar-refractivity contribution is 5.84. The van der Waals surface area contributed by atoms with Gasteiger partial charge in [-0.25, -0.2) is 0 Å². The molecular formula is C9H13N3O. The van der Waals surface area contributed by atoms with Crippen molar-refractivity contribution in [2.45, 2.75) is 0 Å². The minimum Gasteiger partial charge on any atom is -0.395 e. The smallest absolute Gasteiger partial charge is 0.104 e. The topological polar surface area (TPSA) is 57.5 Å².